The highest BCUT2D eigenvalue weighted by molar-refractivity contribution is 6.62. The van der Waals surface area contributed by atoms with Crippen LogP contribution >= 0.6 is 0 Å². The SMILES string of the molecule is CC1(c2cnc(F)cc2B2OC(C)(C)C(C)(C)O2)CC1. The molecule has 1 aromatic heterocycles. The molecule has 0 unspecified atom stereocenters. The summed E-state index contributed by atoms with van der Waals surface area (Å²) in [5.41, 5.74) is 1.10. The van der Waals surface area contributed by atoms with Crippen LogP contribution in [0.2, 0.25) is 0 Å². The Hall–Kier alpha value is -0.935. The lowest BCUT2D eigenvalue weighted by atomic mass is 9.73. The smallest absolute Gasteiger partial charge is 0.399 e. The number of hydrogen-bond donors (Lipinski definition) is 0. The zero-order chi connectivity index (χ0) is 14.8. The highest BCUT2D eigenvalue weighted by Crippen LogP contribution is 2.47. The summed E-state index contributed by atoms with van der Waals surface area (Å²) in [6.07, 6.45) is 3.85. The summed E-state index contributed by atoms with van der Waals surface area (Å²) < 4.78 is 25.7. The second-order valence-electron chi connectivity index (χ2n) is 7.24. The fourth-order valence-electron chi connectivity index (χ4n) is 2.57. The molecule has 5 heteroatoms. The van der Waals surface area contributed by atoms with E-state index in [4.69, 9.17) is 9.31 Å². The second-order valence-corrected chi connectivity index (χ2v) is 7.24. The number of rotatable bonds is 2. The van der Waals surface area contributed by atoms with Gasteiger partial charge >= 0.3 is 7.12 Å². The zero-order valence-corrected chi connectivity index (χ0v) is 12.8. The summed E-state index contributed by atoms with van der Waals surface area (Å²) in [4.78, 5) is 3.81. The molecular weight excluding hydrogens is 256 g/mol. The van der Waals surface area contributed by atoms with E-state index in [-0.39, 0.29) is 5.41 Å². The van der Waals surface area contributed by atoms with Gasteiger partial charge < -0.3 is 9.31 Å². The maximum atomic E-state index is 13.6. The summed E-state index contributed by atoms with van der Waals surface area (Å²) >= 11 is 0. The van der Waals surface area contributed by atoms with E-state index in [1.54, 1.807) is 6.20 Å². The monoisotopic (exact) mass is 277 g/mol. The fourth-order valence-corrected chi connectivity index (χ4v) is 2.57. The van der Waals surface area contributed by atoms with Crippen LogP contribution in [0.15, 0.2) is 12.3 Å². The average Bonchev–Trinajstić information content (AvgIpc) is 3.01. The molecule has 1 saturated carbocycles. The lowest BCUT2D eigenvalue weighted by Crippen LogP contribution is -2.41. The normalized spacial score (nSPS) is 25.8. The third-order valence-corrected chi connectivity index (χ3v) is 5.06. The Morgan fingerprint density at radius 1 is 1.10 bits per heavy atom. The molecule has 108 valence electrons. The van der Waals surface area contributed by atoms with Gasteiger partial charge in [0.2, 0.25) is 5.95 Å². The number of hydrogen-bond acceptors (Lipinski definition) is 3. The van der Waals surface area contributed by atoms with Crippen LogP contribution < -0.4 is 5.46 Å². The highest BCUT2D eigenvalue weighted by Gasteiger charge is 2.54. The molecule has 3 nitrogen and oxygen atoms in total. The Morgan fingerprint density at radius 2 is 1.65 bits per heavy atom. The summed E-state index contributed by atoms with van der Waals surface area (Å²) in [5.74, 6) is -0.484. The Labute approximate surface area is 120 Å². The van der Waals surface area contributed by atoms with Crippen molar-refractivity contribution in [2.45, 2.75) is 64.1 Å². The van der Waals surface area contributed by atoms with Gasteiger partial charge in [-0.05, 0) is 63.0 Å². The van der Waals surface area contributed by atoms with E-state index in [0.29, 0.717) is 0 Å². The number of pyridine rings is 1. The molecule has 0 radical (unpaired) electrons. The molecule has 0 aromatic carbocycles. The molecular formula is C15H21BFNO2. The van der Waals surface area contributed by atoms with E-state index in [2.05, 4.69) is 11.9 Å². The van der Waals surface area contributed by atoms with Gasteiger partial charge in [0, 0.05) is 6.20 Å². The fraction of sp³-hybridized carbons (Fsp3) is 0.667. The minimum Gasteiger partial charge on any atom is -0.399 e. The van der Waals surface area contributed by atoms with Crippen molar-refractivity contribution in [2.75, 3.05) is 0 Å². The van der Waals surface area contributed by atoms with Crippen LogP contribution in [-0.2, 0) is 14.7 Å². The van der Waals surface area contributed by atoms with Crippen LogP contribution in [0.1, 0.15) is 53.0 Å². The van der Waals surface area contributed by atoms with E-state index in [1.807, 2.05) is 27.7 Å². The van der Waals surface area contributed by atoms with Gasteiger partial charge in [0.25, 0.3) is 0 Å². The Morgan fingerprint density at radius 3 is 2.15 bits per heavy atom. The van der Waals surface area contributed by atoms with Gasteiger partial charge in [-0.1, -0.05) is 6.92 Å². The minimum absolute atomic E-state index is 0.0969. The maximum absolute atomic E-state index is 13.6. The van der Waals surface area contributed by atoms with E-state index >= 15 is 0 Å². The molecule has 0 amide bonds. The molecule has 2 aliphatic rings. The van der Waals surface area contributed by atoms with Crippen LogP contribution in [0.4, 0.5) is 4.39 Å². The predicted octanol–water partition coefficient (Wildman–Crippen LogP) is 2.57. The van der Waals surface area contributed by atoms with Crippen molar-refractivity contribution in [1.82, 2.24) is 4.98 Å². The van der Waals surface area contributed by atoms with Crippen molar-refractivity contribution in [3.63, 3.8) is 0 Å². The van der Waals surface area contributed by atoms with E-state index in [1.165, 1.54) is 6.07 Å². The third-order valence-electron chi connectivity index (χ3n) is 5.06. The van der Waals surface area contributed by atoms with Crippen LogP contribution in [0.3, 0.4) is 0 Å². The van der Waals surface area contributed by atoms with Gasteiger partial charge in [0.1, 0.15) is 0 Å². The van der Waals surface area contributed by atoms with Gasteiger partial charge in [0.15, 0.2) is 0 Å². The van der Waals surface area contributed by atoms with Gasteiger partial charge in [-0.3, -0.25) is 0 Å². The second kappa shape index (κ2) is 4.04. The number of nitrogens with zero attached hydrogens (tertiary/aromatic N) is 1. The number of halogens is 1. The van der Waals surface area contributed by atoms with Crippen molar-refractivity contribution in [3.05, 3.63) is 23.8 Å². The van der Waals surface area contributed by atoms with Crippen molar-refractivity contribution >= 4 is 12.6 Å². The quantitative estimate of drug-likeness (QED) is 0.615. The molecule has 0 N–H and O–H groups in total. The molecule has 20 heavy (non-hydrogen) atoms. The molecule has 2 heterocycles. The van der Waals surface area contributed by atoms with Crippen LogP contribution in [0.25, 0.3) is 0 Å². The van der Waals surface area contributed by atoms with Crippen LogP contribution in [0, 0.1) is 5.95 Å². The molecule has 1 aliphatic heterocycles. The Kier molecular flexibility index (Phi) is 2.84. The van der Waals surface area contributed by atoms with Crippen molar-refractivity contribution in [3.8, 4) is 0 Å². The first-order chi connectivity index (χ1) is 9.15. The average molecular weight is 277 g/mol. The molecule has 2 fully saturated rings. The molecule has 1 saturated heterocycles. The summed E-state index contributed by atoms with van der Waals surface area (Å²) in [6, 6.07) is 1.46. The lowest BCUT2D eigenvalue weighted by molar-refractivity contribution is 0.00578. The summed E-state index contributed by atoms with van der Waals surface area (Å²) in [6.45, 7) is 10.2. The van der Waals surface area contributed by atoms with E-state index < -0.39 is 24.3 Å². The number of aromatic nitrogens is 1. The Bertz CT molecular complexity index is 539. The van der Waals surface area contributed by atoms with Gasteiger partial charge in [-0.2, -0.15) is 4.39 Å². The largest absolute Gasteiger partial charge is 0.495 e. The van der Waals surface area contributed by atoms with E-state index in [0.717, 1.165) is 23.9 Å². The van der Waals surface area contributed by atoms with Crippen LogP contribution in [0.5, 0.6) is 0 Å². The van der Waals surface area contributed by atoms with E-state index in [9.17, 15) is 4.39 Å². The first-order valence-electron chi connectivity index (χ1n) is 7.16. The molecule has 1 aliphatic carbocycles. The van der Waals surface area contributed by atoms with Gasteiger partial charge in [-0.15, -0.1) is 0 Å². The summed E-state index contributed by atoms with van der Waals surface area (Å²) in [7, 11) is -0.523. The van der Waals surface area contributed by atoms with Crippen LogP contribution in [-0.4, -0.2) is 23.3 Å². The first kappa shape index (κ1) is 14.0. The molecule has 0 bridgehead atoms. The van der Waals surface area contributed by atoms with Crippen molar-refractivity contribution < 1.29 is 13.7 Å². The highest BCUT2D eigenvalue weighted by atomic mass is 19.1. The third kappa shape index (κ3) is 2.08. The van der Waals surface area contributed by atoms with Gasteiger partial charge in [-0.25, -0.2) is 4.98 Å². The molecule has 0 spiro atoms. The summed E-state index contributed by atoms with van der Waals surface area (Å²) in [5, 5.41) is 0. The molecule has 1 aromatic rings. The topological polar surface area (TPSA) is 31.4 Å². The predicted molar refractivity (Wildman–Crippen MR) is 76.5 cm³/mol. The van der Waals surface area contributed by atoms with Crippen molar-refractivity contribution in [2.24, 2.45) is 0 Å². The maximum Gasteiger partial charge on any atom is 0.495 e. The van der Waals surface area contributed by atoms with Gasteiger partial charge in [0.05, 0.1) is 11.2 Å². The Balaban J connectivity index is 2.01. The molecule has 3 rings (SSSR count). The zero-order valence-electron chi connectivity index (χ0n) is 12.8. The first-order valence-corrected chi connectivity index (χ1v) is 7.16. The standard InChI is InChI=1S/C15H21BFNO2/c1-13(2)14(3,4)20-16(19-13)11-8-12(17)18-9-10(11)15(5)6-7-15/h8-9H,6-7H2,1-5H3. The minimum atomic E-state index is -0.523. The molecule has 0 atom stereocenters. The lowest BCUT2D eigenvalue weighted by Gasteiger charge is -2.32. The van der Waals surface area contributed by atoms with Crippen molar-refractivity contribution in [1.29, 1.82) is 0 Å².